The number of rotatable bonds is 5. The first-order valence-electron chi connectivity index (χ1n) is 6.98. The summed E-state index contributed by atoms with van der Waals surface area (Å²) < 4.78 is 14.1. The molecule has 0 saturated heterocycles. The normalized spacial score (nSPS) is 16.1. The fourth-order valence-electron chi connectivity index (χ4n) is 2.60. The smallest absolute Gasteiger partial charge is 0.130 e. The van der Waals surface area contributed by atoms with E-state index in [0.29, 0.717) is 11.6 Å². The molecular formula is C16H19FN2S. The third-order valence-electron chi connectivity index (χ3n) is 3.72. The molecule has 1 unspecified atom stereocenters. The standard InChI is InChI=1S/C16H19FN2S/c1-11(18)16-14(17)3-2-4-15(16)19(13-5-6-13)9-12-7-8-20-10-12/h2-4,7-8,10-11,13H,5-6,9,18H2,1H3. The van der Waals surface area contributed by atoms with Gasteiger partial charge in [-0.2, -0.15) is 11.3 Å². The highest BCUT2D eigenvalue weighted by atomic mass is 32.1. The van der Waals surface area contributed by atoms with E-state index in [1.807, 2.05) is 13.0 Å². The molecule has 1 aliphatic carbocycles. The molecule has 2 nitrogen and oxygen atoms in total. The largest absolute Gasteiger partial charge is 0.364 e. The van der Waals surface area contributed by atoms with Gasteiger partial charge in [-0.25, -0.2) is 4.39 Å². The van der Waals surface area contributed by atoms with Crippen molar-refractivity contribution in [3.05, 3.63) is 52.0 Å². The summed E-state index contributed by atoms with van der Waals surface area (Å²) >= 11 is 1.70. The summed E-state index contributed by atoms with van der Waals surface area (Å²) in [5.41, 5.74) is 8.85. The summed E-state index contributed by atoms with van der Waals surface area (Å²) in [6, 6.07) is 7.62. The molecule has 1 aliphatic rings. The number of hydrogen-bond donors (Lipinski definition) is 1. The SMILES string of the molecule is CC(N)c1c(F)cccc1N(Cc1ccsc1)C1CC1. The van der Waals surface area contributed by atoms with Gasteiger partial charge in [0.1, 0.15) is 5.82 Å². The fraction of sp³-hybridized carbons (Fsp3) is 0.375. The number of nitrogens with zero attached hydrogens (tertiary/aromatic N) is 1. The maximum Gasteiger partial charge on any atom is 0.130 e. The van der Waals surface area contributed by atoms with Crippen molar-refractivity contribution in [1.82, 2.24) is 0 Å². The van der Waals surface area contributed by atoms with E-state index in [0.717, 1.165) is 12.2 Å². The van der Waals surface area contributed by atoms with E-state index < -0.39 is 0 Å². The molecule has 0 bridgehead atoms. The zero-order valence-corrected chi connectivity index (χ0v) is 12.4. The first-order chi connectivity index (χ1) is 9.66. The molecular weight excluding hydrogens is 271 g/mol. The molecule has 20 heavy (non-hydrogen) atoms. The first kappa shape index (κ1) is 13.6. The van der Waals surface area contributed by atoms with Gasteiger partial charge in [0.15, 0.2) is 0 Å². The monoisotopic (exact) mass is 290 g/mol. The molecule has 0 amide bonds. The quantitative estimate of drug-likeness (QED) is 0.899. The van der Waals surface area contributed by atoms with Gasteiger partial charge in [0.25, 0.3) is 0 Å². The van der Waals surface area contributed by atoms with Crippen LogP contribution in [0, 0.1) is 5.82 Å². The predicted molar refractivity (Wildman–Crippen MR) is 82.5 cm³/mol. The minimum atomic E-state index is -0.296. The molecule has 0 spiro atoms. The minimum Gasteiger partial charge on any atom is -0.364 e. The molecule has 106 valence electrons. The van der Waals surface area contributed by atoms with Crippen LogP contribution in [0.2, 0.25) is 0 Å². The van der Waals surface area contributed by atoms with Crippen LogP contribution in [0.15, 0.2) is 35.0 Å². The van der Waals surface area contributed by atoms with Crippen LogP contribution in [0.1, 0.15) is 36.9 Å². The fourth-order valence-corrected chi connectivity index (χ4v) is 3.26. The summed E-state index contributed by atoms with van der Waals surface area (Å²) in [7, 11) is 0. The Balaban J connectivity index is 1.97. The van der Waals surface area contributed by atoms with Gasteiger partial charge < -0.3 is 10.6 Å². The van der Waals surface area contributed by atoms with Crippen LogP contribution in [-0.2, 0) is 6.54 Å². The average Bonchev–Trinajstić information content (AvgIpc) is 3.12. The van der Waals surface area contributed by atoms with Gasteiger partial charge in [-0.15, -0.1) is 0 Å². The molecule has 2 N–H and O–H groups in total. The molecule has 0 radical (unpaired) electrons. The third-order valence-corrected chi connectivity index (χ3v) is 4.45. The van der Waals surface area contributed by atoms with Crippen LogP contribution < -0.4 is 10.6 Å². The van der Waals surface area contributed by atoms with E-state index in [2.05, 4.69) is 21.7 Å². The van der Waals surface area contributed by atoms with Crippen LogP contribution in [0.25, 0.3) is 0 Å². The maximum atomic E-state index is 14.1. The first-order valence-corrected chi connectivity index (χ1v) is 7.93. The van der Waals surface area contributed by atoms with Gasteiger partial charge in [0, 0.05) is 29.9 Å². The number of nitrogens with two attached hydrogens (primary N) is 1. The van der Waals surface area contributed by atoms with Crippen LogP contribution in [0.5, 0.6) is 0 Å². The molecule has 1 saturated carbocycles. The Hall–Kier alpha value is -1.39. The Kier molecular flexibility index (Phi) is 3.76. The second-order valence-electron chi connectivity index (χ2n) is 5.45. The predicted octanol–water partition coefficient (Wildman–Crippen LogP) is 4.08. The van der Waals surface area contributed by atoms with Crippen molar-refractivity contribution in [3.8, 4) is 0 Å². The van der Waals surface area contributed by atoms with Crippen molar-refractivity contribution in [1.29, 1.82) is 0 Å². The van der Waals surface area contributed by atoms with Crippen molar-refractivity contribution < 1.29 is 4.39 Å². The van der Waals surface area contributed by atoms with Crippen molar-refractivity contribution >= 4 is 17.0 Å². The lowest BCUT2D eigenvalue weighted by Crippen LogP contribution is -2.27. The molecule has 3 rings (SSSR count). The van der Waals surface area contributed by atoms with Gasteiger partial charge in [-0.05, 0) is 54.3 Å². The topological polar surface area (TPSA) is 29.3 Å². The molecule has 4 heteroatoms. The molecule has 1 atom stereocenters. The molecule has 1 aromatic heterocycles. The maximum absolute atomic E-state index is 14.1. The van der Waals surface area contributed by atoms with E-state index in [1.54, 1.807) is 17.4 Å². The third kappa shape index (κ3) is 2.72. The molecule has 1 heterocycles. The number of benzene rings is 1. The van der Waals surface area contributed by atoms with E-state index in [9.17, 15) is 4.39 Å². The van der Waals surface area contributed by atoms with Crippen molar-refractivity contribution in [3.63, 3.8) is 0 Å². The van der Waals surface area contributed by atoms with Gasteiger partial charge in [0.05, 0.1) is 0 Å². The second-order valence-corrected chi connectivity index (χ2v) is 6.23. The summed E-state index contributed by atoms with van der Waals surface area (Å²) in [5, 5.41) is 4.23. The Labute approximate surface area is 123 Å². The molecule has 2 aromatic rings. The highest BCUT2D eigenvalue weighted by molar-refractivity contribution is 7.07. The zero-order valence-electron chi connectivity index (χ0n) is 11.6. The molecule has 1 fully saturated rings. The Morgan fingerprint density at radius 2 is 2.20 bits per heavy atom. The van der Waals surface area contributed by atoms with Crippen LogP contribution in [0.3, 0.4) is 0 Å². The van der Waals surface area contributed by atoms with Crippen molar-refractivity contribution in [2.45, 2.75) is 38.4 Å². The van der Waals surface area contributed by atoms with Gasteiger partial charge in [0.2, 0.25) is 0 Å². The van der Waals surface area contributed by atoms with Gasteiger partial charge >= 0.3 is 0 Å². The summed E-state index contributed by atoms with van der Waals surface area (Å²) in [6.07, 6.45) is 2.36. The highest BCUT2D eigenvalue weighted by Gasteiger charge is 2.31. The molecule has 1 aromatic carbocycles. The summed E-state index contributed by atoms with van der Waals surface area (Å²) in [5.74, 6) is -0.200. The summed E-state index contributed by atoms with van der Waals surface area (Å²) in [4.78, 5) is 2.31. The van der Waals surface area contributed by atoms with Crippen molar-refractivity contribution in [2.75, 3.05) is 4.90 Å². The highest BCUT2D eigenvalue weighted by Crippen LogP contribution is 2.37. The lowest BCUT2D eigenvalue weighted by Gasteiger charge is -2.28. The Bertz CT molecular complexity index is 576. The number of halogens is 1. The Morgan fingerprint density at radius 1 is 1.40 bits per heavy atom. The summed E-state index contributed by atoms with van der Waals surface area (Å²) in [6.45, 7) is 2.68. The van der Waals surface area contributed by atoms with Gasteiger partial charge in [-0.3, -0.25) is 0 Å². The van der Waals surface area contributed by atoms with Gasteiger partial charge in [-0.1, -0.05) is 6.07 Å². The number of hydrogen-bond acceptors (Lipinski definition) is 3. The molecule has 0 aliphatic heterocycles. The van der Waals surface area contributed by atoms with E-state index in [4.69, 9.17) is 5.73 Å². The number of anilines is 1. The lowest BCUT2D eigenvalue weighted by molar-refractivity contribution is 0.590. The second kappa shape index (κ2) is 5.54. The van der Waals surface area contributed by atoms with E-state index in [1.165, 1.54) is 24.5 Å². The number of thiophene rings is 1. The van der Waals surface area contributed by atoms with Crippen LogP contribution in [0.4, 0.5) is 10.1 Å². The zero-order chi connectivity index (χ0) is 14.1. The minimum absolute atomic E-state index is 0.200. The average molecular weight is 290 g/mol. The van der Waals surface area contributed by atoms with Crippen LogP contribution >= 0.6 is 11.3 Å². The van der Waals surface area contributed by atoms with Crippen LogP contribution in [-0.4, -0.2) is 6.04 Å². The Morgan fingerprint density at radius 3 is 2.80 bits per heavy atom. The van der Waals surface area contributed by atoms with Crippen molar-refractivity contribution in [2.24, 2.45) is 5.73 Å². The van der Waals surface area contributed by atoms with E-state index in [-0.39, 0.29) is 11.9 Å². The lowest BCUT2D eigenvalue weighted by atomic mass is 10.0. The van der Waals surface area contributed by atoms with E-state index >= 15 is 0 Å².